The molecule has 0 saturated heterocycles. The lowest BCUT2D eigenvalue weighted by Crippen LogP contribution is -2.39. The molecule has 3 nitrogen and oxygen atoms in total. The highest BCUT2D eigenvalue weighted by Crippen LogP contribution is 2.28. The van der Waals surface area contributed by atoms with Gasteiger partial charge in [0.15, 0.2) is 0 Å². The van der Waals surface area contributed by atoms with Crippen molar-refractivity contribution in [2.45, 2.75) is 51.5 Å². The average molecular weight is 271 g/mol. The van der Waals surface area contributed by atoms with Crippen LogP contribution in [0.3, 0.4) is 0 Å². The largest absolute Gasteiger partial charge is 0.371 e. The maximum absolute atomic E-state index is 9.12. The van der Waals surface area contributed by atoms with Gasteiger partial charge in [0.25, 0.3) is 0 Å². The first kappa shape index (κ1) is 14.9. The van der Waals surface area contributed by atoms with Crippen LogP contribution in [0, 0.1) is 18.3 Å². The molecule has 0 aromatic heterocycles. The molecule has 1 heterocycles. The Balaban J connectivity index is 1.98. The van der Waals surface area contributed by atoms with E-state index in [9.17, 15) is 0 Å². The molecular weight excluding hydrogens is 246 g/mol. The van der Waals surface area contributed by atoms with Crippen LogP contribution < -0.4 is 10.6 Å². The Labute approximate surface area is 122 Å². The van der Waals surface area contributed by atoms with Gasteiger partial charge in [0.1, 0.15) is 5.54 Å². The highest BCUT2D eigenvalue weighted by Gasteiger charge is 2.22. The molecule has 0 aliphatic carbocycles. The van der Waals surface area contributed by atoms with Crippen molar-refractivity contribution in [3.8, 4) is 6.07 Å². The lowest BCUT2D eigenvalue weighted by Gasteiger charge is -2.32. The number of nitrogens with two attached hydrogens (primary N) is 1. The van der Waals surface area contributed by atoms with Gasteiger partial charge in [-0.15, -0.1) is 0 Å². The number of hydrogen-bond donors (Lipinski definition) is 1. The Hall–Kier alpha value is -1.53. The van der Waals surface area contributed by atoms with Gasteiger partial charge >= 0.3 is 0 Å². The minimum atomic E-state index is -0.647. The summed E-state index contributed by atoms with van der Waals surface area (Å²) in [6.45, 7) is 6.25. The lowest BCUT2D eigenvalue weighted by atomic mass is 9.93. The molecule has 2 N–H and O–H groups in total. The van der Waals surface area contributed by atoms with Gasteiger partial charge in [0.05, 0.1) is 6.07 Å². The highest BCUT2D eigenvalue weighted by atomic mass is 15.1. The molecule has 0 amide bonds. The van der Waals surface area contributed by atoms with Gasteiger partial charge in [-0.3, -0.25) is 0 Å². The van der Waals surface area contributed by atoms with Crippen LogP contribution in [0.4, 0.5) is 5.69 Å². The second kappa shape index (κ2) is 6.28. The molecule has 0 saturated carbocycles. The monoisotopic (exact) mass is 271 g/mol. The van der Waals surface area contributed by atoms with Crippen molar-refractivity contribution >= 4 is 5.69 Å². The summed E-state index contributed by atoms with van der Waals surface area (Å²) in [4.78, 5) is 2.45. The van der Waals surface area contributed by atoms with Gasteiger partial charge in [-0.2, -0.15) is 5.26 Å². The van der Waals surface area contributed by atoms with Crippen molar-refractivity contribution in [1.82, 2.24) is 0 Å². The zero-order valence-corrected chi connectivity index (χ0v) is 12.7. The van der Waals surface area contributed by atoms with Gasteiger partial charge in [0.2, 0.25) is 0 Å². The van der Waals surface area contributed by atoms with Gasteiger partial charge in [-0.05, 0) is 50.7 Å². The first-order valence-electron chi connectivity index (χ1n) is 7.62. The van der Waals surface area contributed by atoms with E-state index in [0.717, 1.165) is 32.4 Å². The summed E-state index contributed by atoms with van der Waals surface area (Å²) in [5.74, 6) is 0. The molecule has 1 aliphatic rings. The number of nitriles is 1. The molecule has 1 atom stereocenters. The molecule has 0 bridgehead atoms. The second-order valence-corrected chi connectivity index (χ2v) is 5.95. The van der Waals surface area contributed by atoms with Crippen molar-refractivity contribution in [1.29, 1.82) is 5.26 Å². The molecule has 20 heavy (non-hydrogen) atoms. The Kier molecular flexibility index (Phi) is 4.67. The molecule has 0 spiro atoms. The summed E-state index contributed by atoms with van der Waals surface area (Å²) >= 11 is 0. The van der Waals surface area contributed by atoms with E-state index in [-0.39, 0.29) is 0 Å². The number of hydrogen-bond acceptors (Lipinski definition) is 3. The molecule has 0 radical (unpaired) electrons. The third kappa shape index (κ3) is 3.32. The summed E-state index contributed by atoms with van der Waals surface area (Å²) in [5, 5.41) is 9.12. The predicted molar refractivity (Wildman–Crippen MR) is 83.8 cm³/mol. The first-order chi connectivity index (χ1) is 9.58. The van der Waals surface area contributed by atoms with E-state index in [4.69, 9.17) is 11.0 Å². The van der Waals surface area contributed by atoms with E-state index >= 15 is 0 Å². The average Bonchev–Trinajstić information content (AvgIpc) is 2.47. The van der Waals surface area contributed by atoms with Crippen LogP contribution in [-0.2, 0) is 6.42 Å². The van der Waals surface area contributed by atoms with Crippen molar-refractivity contribution in [2.24, 2.45) is 5.73 Å². The Morgan fingerprint density at radius 1 is 1.45 bits per heavy atom. The van der Waals surface area contributed by atoms with Crippen LogP contribution in [-0.4, -0.2) is 18.6 Å². The lowest BCUT2D eigenvalue weighted by molar-refractivity contribution is 0.462. The number of nitrogens with zero attached hydrogens (tertiary/aromatic N) is 2. The van der Waals surface area contributed by atoms with Gasteiger partial charge in [-0.1, -0.05) is 24.6 Å². The minimum Gasteiger partial charge on any atom is -0.371 e. The molecular formula is C17H25N3. The van der Waals surface area contributed by atoms with Crippen LogP contribution >= 0.6 is 0 Å². The summed E-state index contributed by atoms with van der Waals surface area (Å²) in [6.07, 6.45) is 4.87. The van der Waals surface area contributed by atoms with Crippen LogP contribution in [0.1, 0.15) is 43.7 Å². The maximum Gasteiger partial charge on any atom is 0.104 e. The van der Waals surface area contributed by atoms with Crippen LogP contribution in [0.25, 0.3) is 0 Å². The van der Waals surface area contributed by atoms with Gasteiger partial charge in [-0.25, -0.2) is 0 Å². The fraction of sp³-hybridized carbons (Fsp3) is 0.588. The van der Waals surface area contributed by atoms with E-state index < -0.39 is 5.54 Å². The third-order valence-electron chi connectivity index (χ3n) is 4.35. The van der Waals surface area contributed by atoms with E-state index in [1.54, 1.807) is 0 Å². The molecule has 108 valence electrons. The maximum atomic E-state index is 9.12. The second-order valence-electron chi connectivity index (χ2n) is 5.95. The van der Waals surface area contributed by atoms with Gasteiger partial charge in [0, 0.05) is 18.8 Å². The summed E-state index contributed by atoms with van der Waals surface area (Å²) in [6, 6.07) is 8.98. The van der Waals surface area contributed by atoms with Crippen molar-refractivity contribution in [3.05, 3.63) is 29.3 Å². The van der Waals surface area contributed by atoms with Crippen molar-refractivity contribution in [3.63, 3.8) is 0 Å². The topological polar surface area (TPSA) is 53.1 Å². The summed E-state index contributed by atoms with van der Waals surface area (Å²) in [7, 11) is 0. The number of rotatable bonds is 5. The normalized spacial score (nSPS) is 17.2. The number of benzene rings is 1. The summed E-state index contributed by atoms with van der Waals surface area (Å²) < 4.78 is 0. The quantitative estimate of drug-likeness (QED) is 0.895. The Bertz CT molecular complexity index is 503. The van der Waals surface area contributed by atoms with Crippen LogP contribution in [0.15, 0.2) is 18.2 Å². The summed E-state index contributed by atoms with van der Waals surface area (Å²) in [5.41, 5.74) is 9.57. The highest BCUT2D eigenvalue weighted by molar-refractivity contribution is 5.56. The third-order valence-corrected chi connectivity index (χ3v) is 4.35. The molecule has 1 aromatic carbocycles. The first-order valence-corrected chi connectivity index (χ1v) is 7.62. The van der Waals surface area contributed by atoms with E-state index in [2.05, 4.69) is 36.1 Å². The molecule has 1 aromatic rings. The fourth-order valence-electron chi connectivity index (χ4n) is 2.93. The predicted octanol–water partition coefficient (Wildman–Crippen LogP) is 3.16. The SMILES string of the molecule is CCC(N)(C#N)CCCN1CCCc2cc(C)ccc21. The van der Waals surface area contributed by atoms with Crippen molar-refractivity contribution < 1.29 is 0 Å². The molecule has 0 fully saturated rings. The number of aryl methyl sites for hydroxylation is 2. The van der Waals surface area contributed by atoms with Crippen molar-refractivity contribution in [2.75, 3.05) is 18.0 Å². The molecule has 1 aliphatic heterocycles. The van der Waals surface area contributed by atoms with E-state index in [1.165, 1.54) is 29.7 Å². The zero-order chi connectivity index (χ0) is 14.6. The van der Waals surface area contributed by atoms with Gasteiger partial charge < -0.3 is 10.6 Å². The standard InChI is InChI=1S/C17H25N3/c1-3-17(19,13-18)9-5-11-20-10-4-6-15-12-14(2)7-8-16(15)20/h7-8,12H,3-6,9-11,19H2,1-2H3. The number of anilines is 1. The molecule has 1 unspecified atom stereocenters. The minimum absolute atomic E-state index is 0.647. The molecule has 3 heteroatoms. The zero-order valence-electron chi connectivity index (χ0n) is 12.7. The smallest absolute Gasteiger partial charge is 0.104 e. The number of fused-ring (bicyclic) bond motifs is 1. The van der Waals surface area contributed by atoms with E-state index in [0.29, 0.717) is 0 Å². The fourth-order valence-corrected chi connectivity index (χ4v) is 2.93. The van der Waals surface area contributed by atoms with Crippen LogP contribution in [0.2, 0.25) is 0 Å². The van der Waals surface area contributed by atoms with E-state index in [1.807, 2.05) is 6.92 Å². The van der Waals surface area contributed by atoms with Crippen LogP contribution in [0.5, 0.6) is 0 Å². The Morgan fingerprint density at radius 2 is 2.25 bits per heavy atom. The Morgan fingerprint density at radius 3 is 2.95 bits per heavy atom. The molecule has 2 rings (SSSR count).